The smallest absolute Gasteiger partial charge is 0.127 e. The second kappa shape index (κ2) is 12.4. The van der Waals surface area contributed by atoms with Crippen molar-refractivity contribution in [2.24, 2.45) is 0 Å². The van der Waals surface area contributed by atoms with Crippen LogP contribution in [0.3, 0.4) is 0 Å². The second-order valence-electron chi connectivity index (χ2n) is 1.81. The van der Waals surface area contributed by atoms with Crippen molar-refractivity contribution in [1.29, 1.82) is 0 Å². The molecule has 0 bridgehead atoms. The van der Waals surface area contributed by atoms with E-state index in [1.54, 1.807) is 0 Å². The zero-order valence-electron chi connectivity index (χ0n) is 6.25. The van der Waals surface area contributed by atoms with E-state index in [1.165, 1.54) is 0 Å². The first kappa shape index (κ1) is 15.9. The molecule has 0 fully saturated rings. The van der Waals surface area contributed by atoms with Gasteiger partial charge in [0.25, 0.3) is 0 Å². The average molecular weight is 351 g/mol. The van der Waals surface area contributed by atoms with Gasteiger partial charge in [-0.05, 0) is 0 Å². The molecule has 0 aromatic rings. The molecule has 0 rings (SSSR count). The zero-order valence-corrected chi connectivity index (χ0v) is 10.9. The topological polar surface area (TPSA) is 0 Å². The predicted molar refractivity (Wildman–Crippen MR) is 58.8 cm³/mol. The Hall–Kier alpha value is 1.40. The summed E-state index contributed by atoms with van der Waals surface area (Å²) in [7, 11) is 0. The van der Waals surface area contributed by atoms with Crippen LogP contribution in [0.2, 0.25) is 0 Å². The van der Waals surface area contributed by atoms with E-state index in [0.717, 1.165) is 0 Å². The Morgan fingerprint density at radius 2 is 1.25 bits per heavy atom. The molecule has 0 amide bonds. The summed E-state index contributed by atoms with van der Waals surface area (Å²) < 4.78 is 23.4. The van der Waals surface area contributed by atoms with Crippen LogP contribution in [0.5, 0.6) is 0 Å². The number of rotatable bonds is 4. The van der Waals surface area contributed by atoms with Gasteiger partial charge in [-0.3, -0.25) is 0 Å². The van der Waals surface area contributed by atoms with E-state index in [-0.39, 0.29) is 11.8 Å². The Morgan fingerprint density at radius 3 is 1.25 bits per heavy atom. The fourth-order valence-corrected chi connectivity index (χ4v) is 1.48. The molecule has 0 aliphatic carbocycles. The highest BCUT2D eigenvalue weighted by Crippen LogP contribution is 1.98. The van der Waals surface area contributed by atoms with Crippen LogP contribution in [0.1, 0.15) is 0 Å². The van der Waals surface area contributed by atoms with Crippen LogP contribution in [-0.2, 0) is 0 Å². The molecule has 0 aromatic carbocycles. The van der Waals surface area contributed by atoms with Crippen molar-refractivity contribution >= 4 is 55.1 Å². The minimum Gasteiger partial charge on any atom is -0.246 e. The molecule has 0 unspecified atom stereocenters. The largest absolute Gasteiger partial charge is 0.246 e. The van der Waals surface area contributed by atoms with E-state index >= 15 is 0 Å². The summed E-state index contributed by atoms with van der Waals surface area (Å²) in [5, 5.41) is 0.858. The molecular formula is C6H10Br2Cl2F2. The average Bonchev–Trinajstić information content (AvgIpc) is 2.16. The van der Waals surface area contributed by atoms with Crippen molar-refractivity contribution in [2.45, 2.75) is 12.3 Å². The van der Waals surface area contributed by atoms with Crippen molar-refractivity contribution in [3.8, 4) is 0 Å². The summed E-state index contributed by atoms with van der Waals surface area (Å²) >= 11 is 15.9. The van der Waals surface area contributed by atoms with Crippen LogP contribution >= 0.6 is 55.1 Å². The van der Waals surface area contributed by atoms with Gasteiger partial charge in [-0.2, -0.15) is 0 Å². The summed E-state index contributed by atoms with van der Waals surface area (Å²) in [5.41, 5.74) is 0. The molecule has 0 atom stereocenters. The van der Waals surface area contributed by atoms with Gasteiger partial charge in [0.15, 0.2) is 0 Å². The minimum absolute atomic E-state index is 0.00347. The van der Waals surface area contributed by atoms with Gasteiger partial charge in [0.1, 0.15) is 12.3 Å². The molecule has 76 valence electrons. The van der Waals surface area contributed by atoms with Crippen LogP contribution < -0.4 is 0 Å². The van der Waals surface area contributed by atoms with Gasteiger partial charge in [-0.25, -0.2) is 8.78 Å². The Labute approximate surface area is 98.2 Å². The van der Waals surface area contributed by atoms with Crippen LogP contribution in [0.15, 0.2) is 0 Å². The molecule has 0 nitrogen and oxygen atoms in total. The Balaban J connectivity index is 0. The van der Waals surface area contributed by atoms with Gasteiger partial charge in [0, 0.05) is 10.7 Å². The molecule has 0 saturated carbocycles. The van der Waals surface area contributed by atoms with Crippen molar-refractivity contribution in [1.82, 2.24) is 0 Å². The molecular weight excluding hydrogens is 341 g/mol. The quantitative estimate of drug-likeness (QED) is 0.674. The Kier molecular flexibility index (Phi) is 16.4. The number of hydrogen-bond donors (Lipinski definition) is 0. The van der Waals surface area contributed by atoms with Gasteiger partial charge >= 0.3 is 0 Å². The SMILES string of the molecule is FC(CBr)CBr.FC(CCl)CCl. The van der Waals surface area contributed by atoms with Gasteiger partial charge < -0.3 is 0 Å². The maximum atomic E-state index is 11.8. The van der Waals surface area contributed by atoms with E-state index in [9.17, 15) is 8.78 Å². The number of hydrogen-bond acceptors (Lipinski definition) is 0. The van der Waals surface area contributed by atoms with Crippen LogP contribution in [0, 0.1) is 0 Å². The van der Waals surface area contributed by atoms with Crippen LogP contribution in [-0.4, -0.2) is 34.8 Å². The second-order valence-corrected chi connectivity index (χ2v) is 3.72. The van der Waals surface area contributed by atoms with Crippen molar-refractivity contribution in [3.63, 3.8) is 0 Å². The first-order valence-electron chi connectivity index (χ1n) is 3.14. The monoisotopic (exact) mass is 348 g/mol. The summed E-state index contributed by atoms with van der Waals surface area (Å²) in [4.78, 5) is 0. The summed E-state index contributed by atoms with van der Waals surface area (Å²) in [5.74, 6) is 0.00694. The fraction of sp³-hybridized carbons (Fsp3) is 1.00. The Bertz CT molecular complexity index is 69.9. The highest BCUT2D eigenvalue weighted by molar-refractivity contribution is 9.09. The van der Waals surface area contributed by atoms with E-state index in [2.05, 4.69) is 31.9 Å². The summed E-state index contributed by atoms with van der Waals surface area (Å²) in [6, 6.07) is 0. The first-order chi connectivity index (χ1) is 5.62. The highest BCUT2D eigenvalue weighted by Gasteiger charge is 1.97. The van der Waals surface area contributed by atoms with Crippen molar-refractivity contribution in [2.75, 3.05) is 22.4 Å². The maximum Gasteiger partial charge on any atom is 0.127 e. The molecule has 0 aromatic heterocycles. The number of alkyl halides is 6. The summed E-state index contributed by atoms with van der Waals surface area (Å²) in [6.45, 7) is 0. The first-order valence-corrected chi connectivity index (χ1v) is 6.45. The van der Waals surface area contributed by atoms with E-state index < -0.39 is 12.3 Å². The van der Waals surface area contributed by atoms with Crippen molar-refractivity contribution < 1.29 is 8.78 Å². The third kappa shape index (κ3) is 14.0. The minimum atomic E-state index is -1.03. The molecule has 12 heavy (non-hydrogen) atoms. The van der Waals surface area contributed by atoms with Gasteiger partial charge in [-0.1, -0.05) is 31.9 Å². The van der Waals surface area contributed by atoms with Gasteiger partial charge in [0.2, 0.25) is 0 Å². The number of halogens is 6. The maximum absolute atomic E-state index is 11.8. The molecule has 0 saturated heterocycles. The van der Waals surface area contributed by atoms with Crippen LogP contribution in [0.25, 0.3) is 0 Å². The van der Waals surface area contributed by atoms with E-state index in [4.69, 9.17) is 23.2 Å². The molecule has 6 heteroatoms. The third-order valence-electron chi connectivity index (χ3n) is 0.670. The van der Waals surface area contributed by atoms with Gasteiger partial charge in [0.05, 0.1) is 11.8 Å². The standard InChI is InChI=1S/C3H5Br2F.C3H5Cl2F/c2*4-1-3(6)2-5/h2*3H,1-2H2. The molecule has 0 spiro atoms. The zero-order chi connectivity index (χ0) is 9.98. The lowest BCUT2D eigenvalue weighted by atomic mass is 10.5. The fourth-order valence-electron chi connectivity index (χ4n) is 0.0825. The molecule has 0 N–H and O–H groups in total. The lowest BCUT2D eigenvalue weighted by Gasteiger charge is -1.91. The Morgan fingerprint density at radius 1 is 0.917 bits per heavy atom. The molecule has 0 aliphatic heterocycles. The lowest BCUT2D eigenvalue weighted by Crippen LogP contribution is -2.01. The van der Waals surface area contributed by atoms with Crippen molar-refractivity contribution in [3.05, 3.63) is 0 Å². The van der Waals surface area contributed by atoms with Crippen LogP contribution in [0.4, 0.5) is 8.78 Å². The molecule has 0 aliphatic rings. The third-order valence-corrected chi connectivity index (χ3v) is 2.74. The van der Waals surface area contributed by atoms with E-state index in [1.807, 2.05) is 0 Å². The summed E-state index contributed by atoms with van der Waals surface area (Å²) in [6.07, 6.45) is -1.77. The highest BCUT2D eigenvalue weighted by atomic mass is 79.9. The molecule has 0 radical (unpaired) electrons. The lowest BCUT2D eigenvalue weighted by molar-refractivity contribution is 0.400. The molecule has 0 heterocycles. The van der Waals surface area contributed by atoms with E-state index in [0.29, 0.717) is 10.7 Å². The predicted octanol–water partition coefficient (Wildman–Crippen LogP) is 3.92. The normalized spacial score (nSPS) is 10.0. The van der Waals surface area contributed by atoms with Gasteiger partial charge in [-0.15, -0.1) is 23.2 Å².